The summed E-state index contributed by atoms with van der Waals surface area (Å²) in [6.45, 7) is 5.18. The zero-order chi connectivity index (χ0) is 30.8. The smallest absolute Gasteiger partial charge is 0.381 e. The third kappa shape index (κ3) is 6.42. The van der Waals surface area contributed by atoms with Crippen LogP contribution in [-0.4, -0.2) is 30.4 Å². The summed E-state index contributed by atoms with van der Waals surface area (Å²) in [5.74, 6) is -2.06. The SMILES string of the molecule is C=C(C)NOc1ccc(-n2nc(C(F)(F)F)cc2C(=O)Nc2ccc(-c3ccccc3S(C)(=O)=O)cc2F)cc1C#N. The maximum absolute atomic E-state index is 15.1. The molecule has 0 aliphatic carbocycles. The van der Waals surface area contributed by atoms with Crippen molar-refractivity contribution in [3.05, 3.63) is 102 Å². The van der Waals surface area contributed by atoms with Crippen molar-refractivity contribution in [2.24, 2.45) is 0 Å². The summed E-state index contributed by atoms with van der Waals surface area (Å²) < 4.78 is 80.8. The Morgan fingerprint density at radius 3 is 2.43 bits per heavy atom. The van der Waals surface area contributed by atoms with E-state index in [1.165, 1.54) is 36.4 Å². The van der Waals surface area contributed by atoms with E-state index in [0.717, 1.165) is 24.5 Å². The molecule has 4 aromatic rings. The van der Waals surface area contributed by atoms with Gasteiger partial charge in [0.1, 0.15) is 17.6 Å². The summed E-state index contributed by atoms with van der Waals surface area (Å²) in [7, 11) is -3.64. The lowest BCUT2D eigenvalue weighted by molar-refractivity contribution is -0.141. The summed E-state index contributed by atoms with van der Waals surface area (Å²) in [6, 6.07) is 15.5. The number of rotatable bonds is 8. The molecular weight excluding hydrogens is 578 g/mol. The standard InChI is InChI=1S/C28H21F4N5O4S/c1-16(2)36-41-24-11-9-19(12-18(24)15-33)37-23(14-26(35-37)28(30,31)32)27(38)34-22-10-8-17(13-21(22)29)20-6-4-5-7-25(20)42(3,39)40/h4-14,36H,1H2,2-3H3,(H,34,38). The van der Waals surface area contributed by atoms with Gasteiger partial charge >= 0.3 is 6.18 Å². The number of carbonyl (C=O) groups is 1. The molecule has 0 radical (unpaired) electrons. The second-order valence-electron chi connectivity index (χ2n) is 9.02. The van der Waals surface area contributed by atoms with Crippen molar-refractivity contribution in [2.45, 2.75) is 18.0 Å². The van der Waals surface area contributed by atoms with Crippen LogP contribution >= 0.6 is 0 Å². The Labute approximate surface area is 237 Å². The third-order valence-electron chi connectivity index (χ3n) is 5.71. The van der Waals surface area contributed by atoms with Crippen LogP contribution in [0.3, 0.4) is 0 Å². The first-order chi connectivity index (χ1) is 19.7. The van der Waals surface area contributed by atoms with Gasteiger partial charge in [0.15, 0.2) is 21.3 Å². The van der Waals surface area contributed by atoms with Gasteiger partial charge in [-0.25, -0.2) is 23.0 Å². The minimum atomic E-state index is -4.92. The van der Waals surface area contributed by atoms with Crippen molar-refractivity contribution in [1.29, 1.82) is 5.26 Å². The molecule has 1 amide bonds. The fourth-order valence-electron chi connectivity index (χ4n) is 3.85. The molecule has 0 aliphatic rings. The van der Waals surface area contributed by atoms with Crippen LogP contribution in [0.25, 0.3) is 16.8 Å². The van der Waals surface area contributed by atoms with Crippen molar-refractivity contribution in [2.75, 3.05) is 11.6 Å². The van der Waals surface area contributed by atoms with Gasteiger partial charge in [-0.2, -0.15) is 23.5 Å². The number of allylic oxidation sites excluding steroid dienone is 1. The molecule has 14 heteroatoms. The van der Waals surface area contributed by atoms with E-state index in [-0.39, 0.29) is 38.7 Å². The van der Waals surface area contributed by atoms with Crippen LogP contribution in [0, 0.1) is 17.1 Å². The predicted molar refractivity (Wildman–Crippen MR) is 145 cm³/mol. The number of anilines is 1. The molecule has 0 saturated carbocycles. The van der Waals surface area contributed by atoms with Crippen LogP contribution in [0.15, 0.2) is 83.9 Å². The third-order valence-corrected chi connectivity index (χ3v) is 6.87. The average Bonchev–Trinajstić information content (AvgIpc) is 3.39. The van der Waals surface area contributed by atoms with Crippen LogP contribution in [0.1, 0.15) is 28.7 Å². The fraction of sp³-hybridized carbons (Fsp3) is 0.107. The number of sulfone groups is 1. The Morgan fingerprint density at radius 1 is 1.10 bits per heavy atom. The topological polar surface area (TPSA) is 126 Å². The number of hydrogen-bond donors (Lipinski definition) is 2. The van der Waals surface area contributed by atoms with E-state index in [9.17, 15) is 31.6 Å². The molecule has 216 valence electrons. The molecule has 0 unspecified atom stereocenters. The largest absolute Gasteiger partial charge is 0.435 e. The molecule has 0 fully saturated rings. The van der Waals surface area contributed by atoms with Crippen LogP contribution in [0.5, 0.6) is 5.75 Å². The highest BCUT2D eigenvalue weighted by Crippen LogP contribution is 2.32. The minimum absolute atomic E-state index is 0.0340. The maximum atomic E-state index is 15.1. The van der Waals surface area contributed by atoms with Crippen LogP contribution in [0.2, 0.25) is 0 Å². The summed E-state index contributed by atoms with van der Waals surface area (Å²) in [5, 5.41) is 15.2. The lowest BCUT2D eigenvalue weighted by Crippen LogP contribution is -2.18. The molecule has 2 N–H and O–H groups in total. The molecular formula is C28H21F4N5O4S. The number of benzene rings is 3. The Kier molecular flexibility index (Phi) is 8.08. The van der Waals surface area contributed by atoms with Crippen molar-refractivity contribution < 1.29 is 35.6 Å². The van der Waals surface area contributed by atoms with Gasteiger partial charge in [-0.1, -0.05) is 30.8 Å². The first kappa shape index (κ1) is 29.8. The van der Waals surface area contributed by atoms with E-state index < -0.39 is 39.1 Å². The van der Waals surface area contributed by atoms with Gasteiger partial charge in [0.05, 0.1) is 21.8 Å². The molecule has 42 heavy (non-hydrogen) atoms. The van der Waals surface area contributed by atoms with Gasteiger partial charge in [-0.05, 0) is 48.9 Å². The van der Waals surface area contributed by atoms with E-state index >= 15 is 4.39 Å². The van der Waals surface area contributed by atoms with Crippen molar-refractivity contribution in [3.8, 4) is 28.6 Å². The van der Waals surface area contributed by atoms with Crippen molar-refractivity contribution in [3.63, 3.8) is 0 Å². The van der Waals surface area contributed by atoms with Gasteiger partial charge in [0.25, 0.3) is 5.91 Å². The average molecular weight is 600 g/mol. The highest BCUT2D eigenvalue weighted by atomic mass is 32.2. The van der Waals surface area contributed by atoms with E-state index in [2.05, 4.69) is 22.5 Å². The van der Waals surface area contributed by atoms with Crippen LogP contribution in [-0.2, 0) is 16.0 Å². The molecule has 9 nitrogen and oxygen atoms in total. The molecule has 0 atom stereocenters. The summed E-state index contributed by atoms with van der Waals surface area (Å²) >= 11 is 0. The number of halogens is 4. The number of carbonyl (C=O) groups excluding carboxylic acids is 1. The Bertz CT molecular complexity index is 1860. The zero-order valence-corrected chi connectivity index (χ0v) is 22.8. The Balaban J connectivity index is 1.71. The van der Waals surface area contributed by atoms with Crippen LogP contribution in [0.4, 0.5) is 23.2 Å². The molecule has 4 rings (SSSR count). The van der Waals surface area contributed by atoms with Gasteiger partial charge in [0, 0.05) is 23.6 Å². The lowest BCUT2D eigenvalue weighted by atomic mass is 10.0. The number of nitriles is 1. The second kappa shape index (κ2) is 11.4. The number of hydrogen-bond acceptors (Lipinski definition) is 7. The van der Waals surface area contributed by atoms with Gasteiger partial charge in [-0.3, -0.25) is 4.79 Å². The maximum Gasteiger partial charge on any atom is 0.435 e. The monoisotopic (exact) mass is 599 g/mol. The van der Waals surface area contributed by atoms with Crippen LogP contribution < -0.4 is 15.6 Å². The quantitative estimate of drug-likeness (QED) is 0.198. The van der Waals surface area contributed by atoms with Gasteiger partial charge < -0.3 is 10.2 Å². The highest BCUT2D eigenvalue weighted by Gasteiger charge is 2.36. The van der Waals surface area contributed by atoms with E-state index in [4.69, 9.17) is 4.84 Å². The summed E-state index contributed by atoms with van der Waals surface area (Å²) in [5.41, 5.74) is 0.748. The van der Waals surface area contributed by atoms with E-state index in [0.29, 0.717) is 16.4 Å². The first-order valence-corrected chi connectivity index (χ1v) is 13.8. The number of nitrogens with one attached hydrogen (secondary N) is 2. The summed E-state index contributed by atoms with van der Waals surface area (Å²) in [4.78, 5) is 18.4. The minimum Gasteiger partial charge on any atom is -0.381 e. The Hall–Kier alpha value is -5.16. The van der Waals surface area contributed by atoms with E-state index in [1.54, 1.807) is 13.0 Å². The molecule has 0 saturated heterocycles. The number of aromatic nitrogens is 2. The molecule has 0 spiro atoms. The zero-order valence-electron chi connectivity index (χ0n) is 22.0. The first-order valence-electron chi connectivity index (χ1n) is 11.9. The summed E-state index contributed by atoms with van der Waals surface area (Å²) in [6.07, 6.45) is -3.92. The molecule has 1 heterocycles. The fourth-order valence-corrected chi connectivity index (χ4v) is 4.76. The number of hydroxylamine groups is 1. The number of nitrogens with zero attached hydrogens (tertiary/aromatic N) is 3. The van der Waals surface area contributed by atoms with E-state index in [1.807, 2.05) is 6.07 Å². The van der Waals surface area contributed by atoms with Crippen molar-refractivity contribution >= 4 is 21.4 Å². The molecule has 3 aromatic carbocycles. The highest BCUT2D eigenvalue weighted by molar-refractivity contribution is 7.90. The normalized spacial score (nSPS) is 11.5. The number of amides is 1. The molecule has 1 aromatic heterocycles. The van der Waals surface area contributed by atoms with Crippen molar-refractivity contribution in [1.82, 2.24) is 15.3 Å². The number of alkyl halides is 3. The predicted octanol–water partition coefficient (Wildman–Crippen LogP) is 5.64. The Morgan fingerprint density at radius 2 is 1.81 bits per heavy atom. The second-order valence-corrected chi connectivity index (χ2v) is 11.0. The molecule has 0 aliphatic heterocycles. The molecule has 0 bridgehead atoms. The lowest BCUT2D eigenvalue weighted by Gasteiger charge is -2.13. The van der Waals surface area contributed by atoms with Gasteiger partial charge in [-0.15, -0.1) is 0 Å². The van der Waals surface area contributed by atoms with Gasteiger partial charge in [0.2, 0.25) is 0 Å².